The Morgan fingerprint density at radius 3 is 2.52 bits per heavy atom. The van der Waals surface area contributed by atoms with Gasteiger partial charge in [-0.05, 0) is 0 Å². The van der Waals surface area contributed by atoms with Crippen molar-refractivity contribution < 1.29 is 14.1 Å². The van der Waals surface area contributed by atoms with Crippen molar-refractivity contribution in [1.82, 2.24) is 29.5 Å². The highest BCUT2D eigenvalue weighted by Gasteiger charge is 2.25. The van der Waals surface area contributed by atoms with Crippen molar-refractivity contribution in [2.75, 3.05) is 52.2 Å². The molecule has 12 heteroatoms. The summed E-state index contributed by atoms with van der Waals surface area (Å²) in [5, 5.41) is 3.97. The van der Waals surface area contributed by atoms with E-state index in [1.165, 1.54) is 7.11 Å². The van der Waals surface area contributed by atoms with Gasteiger partial charge in [-0.2, -0.15) is 4.98 Å². The fraction of sp³-hybridized carbons (Fsp3) is 0.632. The van der Waals surface area contributed by atoms with Gasteiger partial charge in [-0.1, -0.05) is 19.0 Å². The van der Waals surface area contributed by atoms with Crippen molar-refractivity contribution in [1.29, 1.82) is 0 Å². The highest BCUT2D eigenvalue weighted by molar-refractivity contribution is 6.01. The predicted molar refractivity (Wildman–Crippen MR) is 112 cm³/mol. The molecule has 3 heterocycles. The van der Waals surface area contributed by atoms with Crippen molar-refractivity contribution >= 4 is 11.6 Å². The molecule has 1 aliphatic rings. The smallest absolute Gasteiger partial charge is 0.330 e. The van der Waals surface area contributed by atoms with Gasteiger partial charge in [0.2, 0.25) is 5.89 Å². The second-order valence-corrected chi connectivity index (χ2v) is 7.84. The molecule has 31 heavy (non-hydrogen) atoms. The number of anilines is 1. The fourth-order valence-corrected chi connectivity index (χ4v) is 3.41. The van der Waals surface area contributed by atoms with Gasteiger partial charge in [-0.25, -0.2) is 4.79 Å². The minimum Gasteiger partial charge on any atom is -0.384 e. The van der Waals surface area contributed by atoms with E-state index < -0.39 is 17.0 Å². The van der Waals surface area contributed by atoms with E-state index in [1.54, 1.807) is 0 Å². The number of carbonyl (C=O) groups excluding carboxylic acids is 1. The van der Waals surface area contributed by atoms with Crippen LogP contribution in [0.3, 0.4) is 0 Å². The molecule has 0 aliphatic carbocycles. The first kappa shape index (κ1) is 22.8. The first-order chi connectivity index (χ1) is 14.8. The summed E-state index contributed by atoms with van der Waals surface area (Å²) in [6.45, 7) is 7.68. The zero-order valence-corrected chi connectivity index (χ0v) is 18.1. The minimum atomic E-state index is -0.767. The van der Waals surface area contributed by atoms with E-state index in [4.69, 9.17) is 15.0 Å². The second kappa shape index (κ2) is 9.98. The number of aromatic nitrogens is 4. The van der Waals surface area contributed by atoms with Gasteiger partial charge in [0, 0.05) is 39.2 Å². The number of nitrogens with zero attached hydrogens (tertiary/aromatic N) is 5. The number of carbonyl (C=O) groups is 1. The van der Waals surface area contributed by atoms with Gasteiger partial charge in [0.05, 0.1) is 26.2 Å². The minimum absolute atomic E-state index is 0.0433. The standard InChI is InChI=1S/C19H29N7O5/c1-12(2)17-21-14(31-23-17)11-25-6-4-24(5-7-25)10-13(27)15-16(20)26(8-9-30-3)19(29)22-18(15)28/h12H,4-11,20H2,1-3H3,(H,22,28,29). The molecular formula is C19H29N7O5. The van der Waals surface area contributed by atoms with Crippen LogP contribution in [0.15, 0.2) is 14.1 Å². The highest BCUT2D eigenvalue weighted by Crippen LogP contribution is 2.13. The second-order valence-electron chi connectivity index (χ2n) is 7.84. The quantitative estimate of drug-likeness (QED) is 0.482. The van der Waals surface area contributed by atoms with E-state index in [9.17, 15) is 14.4 Å². The van der Waals surface area contributed by atoms with E-state index in [0.29, 0.717) is 44.4 Å². The number of hydrogen-bond acceptors (Lipinski definition) is 10. The van der Waals surface area contributed by atoms with E-state index in [2.05, 4.69) is 20.0 Å². The van der Waals surface area contributed by atoms with Crippen LogP contribution >= 0.6 is 0 Å². The number of H-pyrrole nitrogens is 1. The molecule has 0 unspecified atom stereocenters. The molecule has 0 aromatic carbocycles. The van der Waals surface area contributed by atoms with Crippen LogP contribution in [0.4, 0.5) is 5.82 Å². The summed E-state index contributed by atoms with van der Waals surface area (Å²) in [6, 6.07) is 0. The van der Waals surface area contributed by atoms with Crippen LogP contribution in [0.1, 0.15) is 41.8 Å². The van der Waals surface area contributed by atoms with E-state index >= 15 is 0 Å². The largest absolute Gasteiger partial charge is 0.384 e. The zero-order chi connectivity index (χ0) is 22.5. The summed E-state index contributed by atoms with van der Waals surface area (Å²) in [6.07, 6.45) is 0. The van der Waals surface area contributed by atoms with Crippen LogP contribution < -0.4 is 17.0 Å². The zero-order valence-electron chi connectivity index (χ0n) is 18.1. The molecule has 170 valence electrons. The van der Waals surface area contributed by atoms with Crippen LogP contribution in [0.5, 0.6) is 0 Å². The molecule has 0 saturated carbocycles. The lowest BCUT2D eigenvalue weighted by Gasteiger charge is -2.33. The Bertz CT molecular complexity index is 1020. The Balaban J connectivity index is 1.59. The van der Waals surface area contributed by atoms with Crippen LogP contribution in [-0.4, -0.2) is 81.7 Å². The Labute approximate surface area is 179 Å². The number of piperazine rings is 1. The Morgan fingerprint density at radius 2 is 1.90 bits per heavy atom. The molecule has 2 aromatic rings. The number of nitrogens with two attached hydrogens (primary N) is 1. The normalized spacial score (nSPS) is 15.6. The van der Waals surface area contributed by atoms with E-state index in [0.717, 1.165) is 4.57 Å². The maximum atomic E-state index is 12.8. The van der Waals surface area contributed by atoms with Gasteiger partial charge < -0.3 is 15.0 Å². The first-order valence-corrected chi connectivity index (χ1v) is 10.2. The molecule has 3 N–H and O–H groups in total. The van der Waals surface area contributed by atoms with Crippen LogP contribution in [0, 0.1) is 0 Å². The van der Waals surface area contributed by atoms with Gasteiger partial charge in [-0.3, -0.25) is 28.9 Å². The number of methoxy groups -OCH3 is 1. The van der Waals surface area contributed by atoms with Gasteiger partial charge in [-0.15, -0.1) is 0 Å². The van der Waals surface area contributed by atoms with Crippen molar-refractivity contribution in [3.05, 3.63) is 38.1 Å². The highest BCUT2D eigenvalue weighted by atomic mass is 16.5. The van der Waals surface area contributed by atoms with Crippen molar-refractivity contribution in [2.45, 2.75) is 32.9 Å². The molecule has 1 fully saturated rings. The average molecular weight is 435 g/mol. The maximum Gasteiger partial charge on any atom is 0.330 e. The Hall–Kier alpha value is -2.83. The lowest BCUT2D eigenvalue weighted by Crippen LogP contribution is -2.48. The van der Waals surface area contributed by atoms with E-state index in [-0.39, 0.29) is 37.0 Å². The molecule has 2 aromatic heterocycles. The molecule has 0 bridgehead atoms. The number of rotatable bonds is 9. The molecule has 0 spiro atoms. The van der Waals surface area contributed by atoms with Crippen LogP contribution in [-0.2, 0) is 17.8 Å². The average Bonchev–Trinajstić information content (AvgIpc) is 3.18. The molecule has 1 saturated heterocycles. The summed E-state index contributed by atoms with van der Waals surface area (Å²) < 4.78 is 11.4. The van der Waals surface area contributed by atoms with E-state index in [1.807, 2.05) is 18.7 Å². The maximum absolute atomic E-state index is 12.8. The summed E-state index contributed by atoms with van der Waals surface area (Å²) >= 11 is 0. The molecule has 0 atom stereocenters. The Morgan fingerprint density at radius 1 is 1.23 bits per heavy atom. The molecule has 0 amide bonds. The summed E-state index contributed by atoms with van der Waals surface area (Å²) in [5.74, 6) is 0.920. The van der Waals surface area contributed by atoms with Gasteiger partial charge in [0.15, 0.2) is 11.6 Å². The predicted octanol–water partition coefficient (Wildman–Crippen LogP) is -0.728. The monoisotopic (exact) mass is 435 g/mol. The third kappa shape index (κ3) is 5.46. The summed E-state index contributed by atoms with van der Waals surface area (Å²) in [4.78, 5) is 47.7. The number of Topliss-reactive ketones (excluding diaryl/α,β-unsaturated/α-hetero) is 1. The molecule has 0 radical (unpaired) electrons. The number of aromatic amines is 1. The van der Waals surface area contributed by atoms with Gasteiger partial charge in [0.25, 0.3) is 5.56 Å². The van der Waals surface area contributed by atoms with Crippen molar-refractivity contribution in [2.24, 2.45) is 0 Å². The lowest BCUT2D eigenvalue weighted by molar-refractivity contribution is 0.0825. The van der Waals surface area contributed by atoms with Crippen LogP contribution in [0.25, 0.3) is 0 Å². The van der Waals surface area contributed by atoms with Gasteiger partial charge in [0.1, 0.15) is 11.4 Å². The molecule has 12 nitrogen and oxygen atoms in total. The summed E-state index contributed by atoms with van der Waals surface area (Å²) in [5.41, 5.74) is 4.36. The molecule has 1 aliphatic heterocycles. The number of nitrogen functional groups attached to an aromatic ring is 1. The molecular weight excluding hydrogens is 406 g/mol. The van der Waals surface area contributed by atoms with Crippen LogP contribution in [0.2, 0.25) is 0 Å². The number of hydrogen-bond donors (Lipinski definition) is 2. The van der Waals surface area contributed by atoms with Crippen molar-refractivity contribution in [3.63, 3.8) is 0 Å². The third-order valence-electron chi connectivity index (χ3n) is 5.23. The number of ether oxygens (including phenoxy) is 1. The topological polar surface area (TPSA) is 153 Å². The fourth-order valence-electron chi connectivity index (χ4n) is 3.41. The third-order valence-corrected chi connectivity index (χ3v) is 5.23. The Kier molecular flexibility index (Phi) is 7.36. The SMILES string of the molecule is COCCn1c(N)c(C(=O)CN2CCN(Cc3nc(C(C)C)no3)CC2)c(=O)[nH]c1=O. The molecule has 3 rings (SSSR count). The van der Waals surface area contributed by atoms with Gasteiger partial charge >= 0.3 is 5.69 Å². The lowest BCUT2D eigenvalue weighted by atomic mass is 10.1. The van der Waals surface area contributed by atoms with Crippen molar-refractivity contribution in [3.8, 4) is 0 Å². The summed E-state index contributed by atoms with van der Waals surface area (Å²) in [7, 11) is 1.49. The first-order valence-electron chi connectivity index (χ1n) is 10.2. The number of nitrogens with one attached hydrogen (secondary N) is 1. The number of ketones is 1.